The van der Waals surface area contributed by atoms with Gasteiger partial charge in [0.1, 0.15) is 0 Å². The van der Waals surface area contributed by atoms with E-state index in [0.29, 0.717) is 6.04 Å². The smallest absolute Gasteiger partial charge is 0.0950 e. The highest BCUT2D eigenvalue weighted by molar-refractivity contribution is 7.12. The highest BCUT2D eigenvalue weighted by Crippen LogP contribution is 2.35. The maximum Gasteiger partial charge on any atom is 0.0950 e. The van der Waals surface area contributed by atoms with Gasteiger partial charge in [-0.15, -0.1) is 22.7 Å². The molecule has 0 aromatic carbocycles. The van der Waals surface area contributed by atoms with E-state index >= 15 is 0 Å². The van der Waals surface area contributed by atoms with Crippen molar-refractivity contribution in [3.8, 4) is 0 Å². The number of hydrogen-bond acceptors (Lipinski definition) is 4. The lowest BCUT2D eigenvalue weighted by Gasteiger charge is -2.12. The molecule has 2 nitrogen and oxygen atoms in total. The number of nitrogens with one attached hydrogen (secondary N) is 1. The van der Waals surface area contributed by atoms with E-state index in [2.05, 4.69) is 37.3 Å². The van der Waals surface area contributed by atoms with Crippen LogP contribution in [0.15, 0.2) is 6.07 Å². The van der Waals surface area contributed by atoms with Crippen molar-refractivity contribution >= 4 is 22.7 Å². The van der Waals surface area contributed by atoms with Crippen LogP contribution in [-0.4, -0.2) is 12.0 Å². The molecule has 0 saturated carbocycles. The number of likely N-dealkylation sites (N-methyl/N-ethyl adjacent to an activating group) is 1. The molecule has 0 fully saturated rings. The zero-order valence-electron chi connectivity index (χ0n) is 11.7. The normalized spacial score (nSPS) is 15.7. The van der Waals surface area contributed by atoms with Crippen molar-refractivity contribution in [3.05, 3.63) is 37.0 Å². The predicted octanol–water partition coefficient (Wildman–Crippen LogP) is 3.81. The van der Waals surface area contributed by atoms with Crippen LogP contribution in [0.5, 0.6) is 0 Å². The number of aromatic nitrogens is 1. The minimum absolute atomic E-state index is 0.417. The molecule has 2 heterocycles. The number of fused-ring (bicyclic) bond motifs is 1. The molecule has 0 bridgehead atoms. The van der Waals surface area contributed by atoms with Crippen LogP contribution in [0.2, 0.25) is 0 Å². The fraction of sp³-hybridized carbons (Fsp3) is 0.533. The Labute approximate surface area is 122 Å². The van der Waals surface area contributed by atoms with Crippen LogP contribution >= 0.6 is 22.7 Å². The summed E-state index contributed by atoms with van der Waals surface area (Å²) in [4.78, 5) is 9.11. The summed E-state index contributed by atoms with van der Waals surface area (Å²) < 4.78 is 0. The average molecular weight is 292 g/mol. The standard InChI is InChI=1S/C15H20N2S2/c1-9-10(2)18-15(17-9)8-12(16-3)14-7-11-5-4-6-13(11)19-14/h7,12,16H,4-6,8H2,1-3H3. The van der Waals surface area contributed by atoms with Crippen LogP contribution in [0.25, 0.3) is 0 Å². The third-order valence-electron chi connectivity index (χ3n) is 3.91. The molecule has 102 valence electrons. The van der Waals surface area contributed by atoms with Crippen molar-refractivity contribution < 1.29 is 0 Å². The fourth-order valence-electron chi connectivity index (χ4n) is 2.67. The van der Waals surface area contributed by atoms with Crippen molar-refractivity contribution in [1.29, 1.82) is 0 Å². The Balaban J connectivity index is 1.80. The zero-order valence-corrected chi connectivity index (χ0v) is 13.4. The third kappa shape index (κ3) is 2.62. The monoisotopic (exact) mass is 292 g/mol. The van der Waals surface area contributed by atoms with Gasteiger partial charge < -0.3 is 5.32 Å². The Kier molecular flexibility index (Phi) is 3.74. The molecule has 2 aromatic heterocycles. The summed E-state index contributed by atoms with van der Waals surface area (Å²) in [7, 11) is 2.06. The summed E-state index contributed by atoms with van der Waals surface area (Å²) >= 11 is 3.84. The number of rotatable bonds is 4. The maximum absolute atomic E-state index is 4.67. The molecule has 1 atom stereocenters. The molecule has 0 amide bonds. The number of hydrogen-bond donors (Lipinski definition) is 1. The van der Waals surface area contributed by atoms with E-state index in [1.807, 2.05) is 22.7 Å². The second-order valence-corrected chi connectivity index (χ2v) is 7.70. The Morgan fingerprint density at radius 3 is 2.79 bits per heavy atom. The lowest BCUT2D eigenvalue weighted by molar-refractivity contribution is 0.599. The van der Waals surface area contributed by atoms with Crippen LogP contribution in [0, 0.1) is 13.8 Å². The molecule has 2 aromatic rings. The first-order valence-electron chi connectivity index (χ1n) is 6.89. The maximum atomic E-state index is 4.67. The van der Waals surface area contributed by atoms with Crippen molar-refractivity contribution in [1.82, 2.24) is 10.3 Å². The van der Waals surface area contributed by atoms with Gasteiger partial charge in [-0.3, -0.25) is 0 Å². The highest BCUT2D eigenvalue weighted by atomic mass is 32.1. The first kappa shape index (κ1) is 13.3. The van der Waals surface area contributed by atoms with E-state index in [0.717, 1.165) is 6.42 Å². The van der Waals surface area contributed by atoms with E-state index in [-0.39, 0.29) is 0 Å². The molecule has 1 aliphatic carbocycles. The minimum atomic E-state index is 0.417. The van der Waals surface area contributed by atoms with Crippen molar-refractivity contribution in [3.63, 3.8) is 0 Å². The highest BCUT2D eigenvalue weighted by Gasteiger charge is 2.20. The quantitative estimate of drug-likeness (QED) is 0.927. The number of thiazole rings is 1. The van der Waals surface area contributed by atoms with Crippen LogP contribution in [0.3, 0.4) is 0 Å². The summed E-state index contributed by atoms with van der Waals surface area (Å²) in [6, 6.07) is 2.84. The van der Waals surface area contributed by atoms with Crippen LogP contribution in [0.4, 0.5) is 0 Å². The summed E-state index contributed by atoms with van der Waals surface area (Å²) in [5.41, 5.74) is 2.77. The molecule has 19 heavy (non-hydrogen) atoms. The summed E-state index contributed by atoms with van der Waals surface area (Å²) in [5, 5.41) is 4.71. The first-order chi connectivity index (χ1) is 9.17. The molecular weight excluding hydrogens is 272 g/mol. The lowest BCUT2D eigenvalue weighted by atomic mass is 10.1. The van der Waals surface area contributed by atoms with Gasteiger partial charge in [-0.05, 0) is 51.8 Å². The molecule has 0 aliphatic heterocycles. The third-order valence-corrected chi connectivity index (χ3v) is 6.36. The Morgan fingerprint density at radius 2 is 2.16 bits per heavy atom. The van der Waals surface area contributed by atoms with Gasteiger partial charge in [-0.25, -0.2) is 4.98 Å². The number of aryl methyl sites for hydroxylation is 4. The summed E-state index contributed by atoms with van der Waals surface area (Å²) in [6.07, 6.45) is 4.91. The second-order valence-electron chi connectivity index (χ2n) is 5.25. The fourth-order valence-corrected chi connectivity index (χ4v) is 5.02. The summed E-state index contributed by atoms with van der Waals surface area (Å²) in [5.74, 6) is 0. The van der Waals surface area contributed by atoms with Crippen LogP contribution in [0.1, 0.15) is 43.4 Å². The molecule has 0 spiro atoms. The Bertz CT molecular complexity index is 542. The van der Waals surface area contributed by atoms with E-state index < -0.39 is 0 Å². The average Bonchev–Trinajstić information content (AvgIpc) is 3.02. The van der Waals surface area contributed by atoms with Gasteiger partial charge >= 0.3 is 0 Å². The number of nitrogens with zero attached hydrogens (tertiary/aromatic N) is 1. The van der Waals surface area contributed by atoms with Gasteiger partial charge in [0.15, 0.2) is 0 Å². The minimum Gasteiger partial charge on any atom is -0.312 e. The molecule has 0 radical (unpaired) electrons. The van der Waals surface area contributed by atoms with Gasteiger partial charge in [0, 0.05) is 27.1 Å². The molecule has 3 rings (SSSR count). The van der Waals surface area contributed by atoms with E-state index in [1.165, 1.54) is 39.7 Å². The van der Waals surface area contributed by atoms with Gasteiger partial charge in [0.2, 0.25) is 0 Å². The summed E-state index contributed by atoms with van der Waals surface area (Å²) in [6.45, 7) is 4.26. The first-order valence-corrected chi connectivity index (χ1v) is 8.52. The van der Waals surface area contributed by atoms with E-state index in [1.54, 1.807) is 10.4 Å². The second kappa shape index (κ2) is 5.35. The molecular formula is C15H20N2S2. The van der Waals surface area contributed by atoms with Crippen molar-refractivity contribution in [2.75, 3.05) is 7.05 Å². The van der Waals surface area contributed by atoms with Gasteiger partial charge in [-0.2, -0.15) is 0 Å². The largest absolute Gasteiger partial charge is 0.312 e. The molecule has 4 heteroatoms. The SMILES string of the molecule is CNC(Cc1nc(C)c(C)s1)c1cc2c(s1)CCC2. The number of thiophene rings is 1. The Morgan fingerprint density at radius 1 is 1.32 bits per heavy atom. The van der Waals surface area contributed by atoms with E-state index in [4.69, 9.17) is 0 Å². The Hall–Kier alpha value is -0.710. The van der Waals surface area contributed by atoms with Gasteiger partial charge in [0.05, 0.1) is 10.7 Å². The molecule has 0 saturated heterocycles. The van der Waals surface area contributed by atoms with Crippen LogP contribution in [-0.2, 0) is 19.3 Å². The van der Waals surface area contributed by atoms with Crippen molar-refractivity contribution in [2.45, 2.75) is 45.6 Å². The molecule has 1 aliphatic rings. The van der Waals surface area contributed by atoms with E-state index in [9.17, 15) is 0 Å². The zero-order chi connectivity index (χ0) is 13.4. The van der Waals surface area contributed by atoms with Crippen LogP contribution < -0.4 is 5.32 Å². The molecule has 1 N–H and O–H groups in total. The topological polar surface area (TPSA) is 24.9 Å². The predicted molar refractivity (Wildman–Crippen MR) is 83.4 cm³/mol. The molecule has 1 unspecified atom stereocenters. The van der Waals surface area contributed by atoms with Gasteiger partial charge in [-0.1, -0.05) is 0 Å². The van der Waals surface area contributed by atoms with Gasteiger partial charge in [0.25, 0.3) is 0 Å². The van der Waals surface area contributed by atoms with Crippen molar-refractivity contribution in [2.24, 2.45) is 0 Å². The lowest BCUT2D eigenvalue weighted by Crippen LogP contribution is -2.17.